The van der Waals surface area contributed by atoms with Crippen LogP contribution < -0.4 is 5.73 Å². The number of halogens is 1. The number of rotatable bonds is 6. The molecule has 1 aliphatic heterocycles. The third kappa shape index (κ3) is 5.41. The Balaban J connectivity index is 0.00000200. The fraction of sp³-hybridized carbons (Fsp3) is 0.625. The van der Waals surface area contributed by atoms with Gasteiger partial charge in [0.1, 0.15) is 0 Å². The molecule has 1 heterocycles. The van der Waals surface area contributed by atoms with E-state index in [1.165, 1.54) is 43.5 Å². The predicted octanol–water partition coefficient (Wildman–Crippen LogP) is 2.82. The van der Waals surface area contributed by atoms with Crippen LogP contribution in [0, 0.1) is 5.92 Å². The maximum Gasteiger partial charge on any atom is 0.0713 e. The number of ether oxygens (including phenoxy) is 1. The van der Waals surface area contributed by atoms with Crippen molar-refractivity contribution in [2.24, 2.45) is 11.7 Å². The van der Waals surface area contributed by atoms with Gasteiger partial charge in [0.05, 0.1) is 6.61 Å². The summed E-state index contributed by atoms with van der Waals surface area (Å²) in [5.74, 6) is 0.793. The van der Waals surface area contributed by atoms with Gasteiger partial charge in [0, 0.05) is 20.2 Å². The Morgan fingerprint density at radius 2 is 2.15 bits per heavy atom. The highest BCUT2D eigenvalue weighted by atomic mass is 35.5. The van der Waals surface area contributed by atoms with Crippen molar-refractivity contribution in [2.75, 3.05) is 26.7 Å². The van der Waals surface area contributed by atoms with E-state index in [1.807, 2.05) is 0 Å². The molecule has 1 atom stereocenters. The van der Waals surface area contributed by atoms with E-state index in [0.717, 1.165) is 19.0 Å². The molecule has 1 aromatic carbocycles. The molecule has 0 saturated carbocycles. The Kier molecular flexibility index (Phi) is 8.15. The SMILES string of the molecule is COCc1cccc(CN2CCCC(CCN)C2)c1.Cl. The summed E-state index contributed by atoms with van der Waals surface area (Å²) in [4.78, 5) is 2.57. The molecule has 0 spiro atoms. The molecule has 4 heteroatoms. The number of hydrogen-bond acceptors (Lipinski definition) is 3. The Morgan fingerprint density at radius 3 is 2.90 bits per heavy atom. The van der Waals surface area contributed by atoms with Crippen LogP contribution in [0.1, 0.15) is 30.4 Å². The van der Waals surface area contributed by atoms with Crippen LogP contribution in [-0.2, 0) is 17.9 Å². The molecule has 0 aromatic heterocycles. The van der Waals surface area contributed by atoms with Gasteiger partial charge in [-0.05, 0) is 49.4 Å². The van der Waals surface area contributed by atoms with E-state index < -0.39 is 0 Å². The van der Waals surface area contributed by atoms with Gasteiger partial charge in [0.2, 0.25) is 0 Å². The quantitative estimate of drug-likeness (QED) is 0.878. The van der Waals surface area contributed by atoms with Gasteiger partial charge in [0.15, 0.2) is 0 Å². The first-order valence-electron chi connectivity index (χ1n) is 7.31. The fourth-order valence-corrected chi connectivity index (χ4v) is 3.01. The highest BCUT2D eigenvalue weighted by molar-refractivity contribution is 5.85. The molecule has 0 aliphatic carbocycles. The maximum absolute atomic E-state index is 5.68. The van der Waals surface area contributed by atoms with E-state index in [-0.39, 0.29) is 12.4 Å². The summed E-state index contributed by atoms with van der Waals surface area (Å²) in [6.45, 7) is 4.99. The summed E-state index contributed by atoms with van der Waals surface area (Å²) in [7, 11) is 1.74. The minimum Gasteiger partial charge on any atom is -0.380 e. The molecule has 2 N–H and O–H groups in total. The first-order chi connectivity index (χ1) is 9.31. The second-order valence-electron chi connectivity index (χ2n) is 5.57. The predicted molar refractivity (Wildman–Crippen MR) is 86.1 cm³/mol. The number of nitrogens with zero attached hydrogens (tertiary/aromatic N) is 1. The maximum atomic E-state index is 5.68. The molecular formula is C16H27ClN2O. The van der Waals surface area contributed by atoms with E-state index in [1.54, 1.807) is 7.11 Å². The Hall–Kier alpha value is -0.610. The van der Waals surface area contributed by atoms with Crippen LogP contribution in [0.2, 0.25) is 0 Å². The molecule has 1 aliphatic rings. The molecule has 1 fully saturated rings. The van der Waals surface area contributed by atoms with Gasteiger partial charge in [-0.15, -0.1) is 12.4 Å². The van der Waals surface area contributed by atoms with Crippen molar-refractivity contribution in [3.8, 4) is 0 Å². The van der Waals surface area contributed by atoms with Crippen LogP contribution in [0.15, 0.2) is 24.3 Å². The zero-order valence-corrected chi connectivity index (χ0v) is 13.2. The van der Waals surface area contributed by atoms with Gasteiger partial charge in [-0.25, -0.2) is 0 Å². The van der Waals surface area contributed by atoms with E-state index in [0.29, 0.717) is 6.61 Å². The molecule has 3 nitrogen and oxygen atoms in total. The topological polar surface area (TPSA) is 38.5 Å². The summed E-state index contributed by atoms with van der Waals surface area (Å²) < 4.78 is 5.19. The number of benzene rings is 1. The molecule has 1 unspecified atom stereocenters. The minimum atomic E-state index is 0. The van der Waals surface area contributed by atoms with Gasteiger partial charge in [0.25, 0.3) is 0 Å². The Bertz CT molecular complexity index is 384. The van der Waals surface area contributed by atoms with Crippen LogP contribution in [0.25, 0.3) is 0 Å². The average molecular weight is 299 g/mol. The van der Waals surface area contributed by atoms with Crippen LogP contribution in [0.4, 0.5) is 0 Å². The second-order valence-corrected chi connectivity index (χ2v) is 5.57. The molecule has 2 rings (SSSR count). The van der Waals surface area contributed by atoms with Crippen LogP contribution in [-0.4, -0.2) is 31.6 Å². The van der Waals surface area contributed by atoms with E-state index in [4.69, 9.17) is 10.5 Å². The third-order valence-corrected chi connectivity index (χ3v) is 3.89. The average Bonchev–Trinajstić information content (AvgIpc) is 2.40. The van der Waals surface area contributed by atoms with Crippen molar-refractivity contribution in [3.63, 3.8) is 0 Å². The van der Waals surface area contributed by atoms with Gasteiger partial charge in [-0.3, -0.25) is 4.90 Å². The second kappa shape index (κ2) is 9.35. The van der Waals surface area contributed by atoms with Crippen molar-refractivity contribution in [1.29, 1.82) is 0 Å². The summed E-state index contributed by atoms with van der Waals surface area (Å²) in [5.41, 5.74) is 8.33. The normalized spacial score (nSPS) is 19.6. The highest BCUT2D eigenvalue weighted by Crippen LogP contribution is 2.21. The summed E-state index contributed by atoms with van der Waals surface area (Å²) in [5, 5.41) is 0. The molecule has 20 heavy (non-hydrogen) atoms. The zero-order valence-electron chi connectivity index (χ0n) is 12.4. The number of methoxy groups -OCH3 is 1. The van der Waals surface area contributed by atoms with Gasteiger partial charge in [-0.1, -0.05) is 24.3 Å². The molecule has 1 aromatic rings. The lowest BCUT2D eigenvalue weighted by Gasteiger charge is -2.32. The van der Waals surface area contributed by atoms with Gasteiger partial charge < -0.3 is 10.5 Å². The van der Waals surface area contributed by atoms with Crippen LogP contribution >= 0.6 is 12.4 Å². The Labute approximate surface area is 128 Å². The van der Waals surface area contributed by atoms with E-state index in [9.17, 15) is 0 Å². The third-order valence-electron chi connectivity index (χ3n) is 3.89. The summed E-state index contributed by atoms with van der Waals surface area (Å²) in [6, 6.07) is 8.73. The summed E-state index contributed by atoms with van der Waals surface area (Å²) in [6.07, 6.45) is 3.82. The molecule has 0 amide bonds. The van der Waals surface area contributed by atoms with Crippen LogP contribution in [0.5, 0.6) is 0 Å². The van der Waals surface area contributed by atoms with Gasteiger partial charge >= 0.3 is 0 Å². The molecular weight excluding hydrogens is 272 g/mol. The molecule has 1 saturated heterocycles. The monoisotopic (exact) mass is 298 g/mol. The lowest BCUT2D eigenvalue weighted by molar-refractivity contribution is 0.162. The standard InChI is InChI=1S/C16H26N2O.ClH/c1-19-13-16-5-2-4-15(10-16)12-18-9-3-6-14(11-18)7-8-17;/h2,4-5,10,14H,3,6-9,11-13,17H2,1H3;1H. The zero-order chi connectivity index (χ0) is 13.5. The van der Waals surface area contributed by atoms with Crippen molar-refractivity contribution >= 4 is 12.4 Å². The number of nitrogens with two attached hydrogens (primary N) is 1. The fourth-order valence-electron chi connectivity index (χ4n) is 3.01. The smallest absolute Gasteiger partial charge is 0.0713 e. The Morgan fingerprint density at radius 1 is 1.35 bits per heavy atom. The highest BCUT2D eigenvalue weighted by Gasteiger charge is 2.19. The largest absolute Gasteiger partial charge is 0.380 e. The lowest BCUT2D eigenvalue weighted by Crippen LogP contribution is -2.35. The molecule has 114 valence electrons. The lowest BCUT2D eigenvalue weighted by atomic mass is 9.94. The van der Waals surface area contributed by atoms with Crippen LogP contribution in [0.3, 0.4) is 0 Å². The summed E-state index contributed by atoms with van der Waals surface area (Å²) >= 11 is 0. The van der Waals surface area contributed by atoms with E-state index in [2.05, 4.69) is 29.2 Å². The number of hydrogen-bond donors (Lipinski definition) is 1. The van der Waals surface area contributed by atoms with Crippen molar-refractivity contribution < 1.29 is 4.74 Å². The van der Waals surface area contributed by atoms with Gasteiger partial charge in [-0.2, -0.15) is 0 Å². The van der Waals surface area contributed by atoms with E-state index >= 15 is 0 Å². The minimum absolute atomic E-state index is 0. The van der Waals surface area contributed by atoms with Crippen molar-refractivity contribution in [2.45, 2.75) is 32.4 Å². The van der Waals surface area contributed by atoms with Crippen molar-refractivity contribution in [3.05, 3.63) is 35.4 Å². The first kappa shape index (κ1) is 17.4. The first-order valence-corrected chi connectivity index (χ1v) is 7.31. The molecule has 0 bridgehead atoms. The van der Waals surface area contributed by atoms with Crippen molar-refractivity contribution in [1.82, 2.24) is 4.90 Å². The number of likely N-dealkylation sites (tertiary alicyclic amines) is 1. The number of piperidine rings is 1. The molecule has 0 radical (unpaired) electrons.